The Hall–Kier alpha value is 0.820. The van der Waals surface area contributed by atoms with Crippen molar-refractivity contribution in [2.24, 2.45) is 0 Å². The molecule has 0 aromatic rings. The third-order valence-corrected chi connectivity index (χ3v) is 10.2. The monoisotopic (exact) mass is 418 g/mol. The second kappa shape index (κ2) is 13.1. The molecule has 0 aromatic heterocycles. The van der Waals surface area contributed by atoms with E-state index >= 15 is 0 Å². The second-order valence-corrected chi connectivity index (χ2v) is 12.2. The molecule has 0 aliphatic carbocycles. The van der Waals surface area contributed by atoms with Crippen LogP contribution in [0, 0.1) is 0 Å². The first-order valence-electron chi connectivity index (χ1n) is 8.07. The van der Waals surface area contributed by atoms with Gasteiger partial charge >= 0.3 is 142 Å². The summed E-state index contributed by atoms with van der Waals surface area (Å²) in [6.07, 6.45) is 5.30. The molecule has 0 aliphatic rings. The topological polar surface area (TPSA) is 86.6 Å². The number of rotatable bonds is 15. The van der Waals surface area contributed by atoms with E-state index in [2.05, 4.69) is 0 Å². The van der Waals surface area contributed by atoms with E-state index in [4.69, 9.17) is 18.6 Å². The molecule has 7 nitrogen and oxygen atoms in total. The molecular formula is C13H32O7SiZr. The summed E-state index contributed by atoms with van der Waals surface area (Å²) in [5.41, 5.74) is 0. The van der Waals surface area contributed by atoms with Gasteiger partial charge in [0.25, 0.3) is 0 Å². The third-order valence-electron chi connectivity index (χ3n) is 2.85. The summed E-state index contributed by atoms with van der Waals surface area (Å²) in [6.45, 7) is 7.31. The van der Waals surface area contributed by atoms with E-state index in [1.54, 1.807) is 0 Å². The van der Waals surface area contributed by atoms with E-state index in [0.717, 1.165) is 38.5 Å². The average molecular weight is 420 g/mol. The molecule has 0 radical (unpaired) electrons. The average Bonchev–Trinajstić information content (AvgIpc) is 2.48. The van der Waals surface area contributed by atoms with Crippen LogP contribution in [0.3, 0.4) is 0 Å². The van der Waals surface area contributed by atoms with Crippen molar-refractivity contribution >= 4 is 9.05 Å². The molecule has 0 fully saturated rings. The molecule has 0 rings (SSSR count). The normalized spacial score (nSPS) is 12.8. The van der Waals surface area contributed by atoms with E-state index in [9.17, 15) is 6.37 Å². The summed E-state index contributed by atoms with van der Waals surface area (Å²) in [5.74, 6) is 0. The zero-order valence-electron chi connectivity index (χ0n) is 14.3. The molecule has 22 heavy (non-hydrogen) atoms. The standard InChI is InChI=1S/C12H27O4Si.CH3O.2H2O.Zr/c1-4-7-10-14-17(13,15-11-8-5-2)16-12-9-6-3;1-2;;;/h4-12H2,1-3H3;1H3;2*1H2;/q2*-1;;;+4/p-2. The van der Waals surface area contributed by atoms with Gasteiger partial charge in [0.05, 0.1) is 0 Å². The van der Waals surface area contributed by atoms with E-state index in [-0.39, 0.29) is 0 Å². The predicted molar refractivity (Wildman–Crippen MR) is 80.9 cm³/mol. The molecule has 0 aliphatic heterocycles. The van der Waals surface area contributed by atoms with E-state index in [1.165, 1.54) is 7.11 Å². The molecule has 0 amide bonds. The SMILES string of the molecule is CCCCO[Si](OCCCC)(OCCCC)[O][Zr]([OH])([OH])[O]C. The molecule has 0 spiro atoms. The number of hydrogen-bond acceptors (Lipinski definition) is 7. The van der Waals surface area contributed by atoms with Crippen LogP contribution in [0.5, 0.6) is 0 Å². The quantitative estimate of drug-likeness (QED) is 0.311. The van der Waals surface area contributed by atoms with Gasteiger partial charge in [0.15, 0.2) is 0 Å². The maximum atomic E-state index is 9.84. The molecule has 2 N–H and O–H groups in total. The van der Waals surface area contributed by atoms with E-state index in [0.29, 0.717) is 19.8 Å². The van der Waals surface area contributed by atoms with Crippen LogP contribution in [0.25, 0.3) is 0 Å². The van der Waals surface area contributed by atoms with Crippen LogP contribution in [-0.2, 0) is 40.6 Å². The van der Waals surface area contributed by atoms with Gasteiger partial charge in [-0.3, -0.25) is 0 Å². The van der Waals surface area contributed by atoms with Crippen molar-refractivity contribution in [3.05, 3.63) is 0 Å². The summed E-state index contributed by atoms with van der Waals surface area (Å²) < 4.78 is 47.0. The molecule has 0 heterocycles. The number of unbranched alkanes of at least 4 members (excludes halogenated alkanes) is 3. The second-order valence-electron chi connectivity index (χ2n) is 4.96. The molecule has 0 atom stereocenters. The van der Waals surface area contributed by atoms with Crippen LogP contribution in [0.2, 0.25) is 0 Å². The van der Waals surface area contributed by atoms with Gasteiger partial charge in [-0.25, -0.2) is 0 Å². The summed E-state index contributed by atoms with van der Waals surface area (Å²) in [5, 5.41) is 0. The Labute approximate surface area is 142 Å². The van der Waals surface area contributed by atoms with Gasteiger partial charge in [-0.2, -0.15) is 0 Å². The van der Waals surface area contributed by atoms with Crippen molar-refractivity contribution in [3.63, 3.8) is 0 Å². The van der Waals surface area contributed by atoms with Crippen molar-refractivity contribution in [2.75, 3.05) is 26.9 Å². The first-order valence-corrected chi connectivity index (χ1v) is 13.9. The van der Waals surface area contributed by atoms with Gasteiger partial charge in [0, 0.05) is 0 Å². The van der Waals surface area contributed by atoms with Gasteiger partial charge in [-0.15, -0.1) is 0 Å². The van der Waals surface area contributed by atoms with Gasteiger partial charge in [0.1, 0.15) is 0 Å². The number of hydrogen-bond donors (Lipinski definition) is 2. The zero-order chi connectivity index (χ0) is 16.9. The van der Waals surface area contributed by atoms with Gasteiger partial charge < -0.3 is 0 Å². The van der Waals surface area contributed by atoms with Crippen molar-refractivity contribution in [2.45, 2.75) is 59.3 Å². The fourth-order valence-electron chi connectivity index (χ4n) is 1.44. The first kappa shape index (κ1) is 22.8. The summed E-state index contributed by atoms with van der Waals surface area (Å²) in [7, 11) is -2.39. The molecule has 0 saturated carbocycles. The zero-order valence-corrected chi connectivity index (χ0v) is 17.8. The van der Waals surface area contributed by atoms with Crippen LogP contribution in [0.4, 0.5) is 0 Å². The fraction of sp³-hybridized carbons (Fsp3) is 1.00. The molecule has 0 unspecified atom stereocenters. The van der Waals surface area contributed by atoms with Crippen LogP contribution in [0.15, 0.2) is 0 Å². The Balaban J connectivity index is 4.91. The van der Waals surface area contributed by atoms with Crippen molar-refractivity contribution in [1.82, 2.24) is 0 Å². The third kappa shape index (κ3) is 10.6. The predicted octanol–water partition coefficient (Wildman–Crippen LogP) is 2.33. The van der Waals surface area contributed by atoms with E-state index in [1.807, 2.05) is 20.8 Å². The maximum absolute atomic E-state index is 9.84. The minimum absolute atomic E-state index is 0.395. The van der Waals surface area contributed by atoms with Gasteiger partial charge in [-0.05, 0) is 0 Å². The van der Waals surface area contributed by atoms with Gasteiger partial charge in [-0.1, -0.05) is 0 Å². The molecule has 0 bridgehead atoms. The molecule has 9 heteroatoms. The summed E-state index contributed by atoms with van der Waals surface area (Å²) in [6, 6.07) is 0. The minimum atomic E-state index is -5.08. The Morgan fingerprint density at radius 1 is 0.773 bits per heavy atom. The van der Waals surface area contributed by atoms with Crippen LogP contribution >= 0.6 is 0 Å². The van der Waals surface area contributed by atoms with Crippen LogP contribution in [-0.4, -0.2) is 42.3 Å². The van der Waals surface area contributed by atoms with Crippen LogP contribution in [0.1, 0.15) is 59.3 Å². The Morgan fingerprint density at radius 2 is 1.14 bits per heavy atom. The molecular weight excluding hydrogens is 387 g/mol. The molecule has 134 valence electrons. The summed E-state index contributed by atoms with van der Waals surface area (Å²) >= 11 is -5.08. The van der Waals surface area contributed by atoms with Crippen molar-refractivity contribution in [3.8, 4) is 0 Å². The Kier molecular flexibility index (Phi) is 13.6. The summed E-state index contributed by atoms with van der Waals surface area (Å²) in [4.78, 5) is 0. The first-order chi connectivity index (χ1) is 10.4. The fourth-order valence-corrected chi connectivity index (χ4v) is 7.78. The van der Waals surface area contributed by atoms with Crippen molar-refractivity contribution < 1.29 is 47.0 Å². The molecule has 0 aromatic carbocycles. The van der Waals surface area contributed by atoms with Crippen LogP contribution < -0.4 is 0 Å². The Bertz CT molecular complexity index is 242. The molecule has 0 saturated heterocycles. The van der Waals surface area contributed by atoms with Crippen molar-refractivity contribution in [1.29, 1.82) is 0 Å². The van der Waals surface area contributed by atoms with E-state index < -0.39 is 31.1 Å². The Morgan fingerprint density at radius 3 is 1.41 bits per heavy atom. The van der Waals surface area contributed by atoms with Gasteiger partial charge in [0.2, 0.25) is 0 Å².